The van der Waals surface area contributed by atoms with Gasteiger partial charge in [0.05, 0.1) is 5.57 Å². The van der Waals surface area contributed by atoms with E-state index in [-0.39, 0.29) is 12.1 Å². The first-order chi connectivity index (χ1) is 10.9. The van der Waals surface area contributed by atoms with Gasteiger partial charge in [0.1, 0.15) is 0 Å². The Hall–Kier alpha value is -2.56. The normalized spacial score (nSPS) is 12.1. The van der Waals surface area contributed by atoms with Gasteiger partial charge in [0.2, 0.25) is 5.91 Å². The molecular formula is C18H16F3NO. The average Bonchev–Trinajstić information content (AvgIpc) is 2.52. The lowest BCUT2D eigenvalue weighted by Gasteiger charge is -2.12. The van der Waals surface area contributed by atoms with Crippen molar-refractivity contribution in [3.8, 4) is 0 Å². The molecule has 0 bridgehead atoms. The number of amides is 1. The van der Waals surface area contributed by atoms with Gasteiger partial charge in [-0.3, -0.25) is 4.79 Å². The lowest BCUT2D eigenvalue weighted by Crippen LogP contribution is -2.22. The molecule has 0 spiro atoms. The molecule has 0 heterocycles. The van der Waals surface area contributed by atoms with Gasteiger partial charge in [-0.1, -0.05) is 60.2 Å². The second-order valence-electron chi connectivity index (χ2n) is 5.13. The van der Waals surface area contributed by atoms with Crippen LogP contribution in [0.1, 0.15) is 16.7 Å². The first-order valence-corrected chi connectivity index (χ1v) is 7.04. The third kappa shape index (κ3) is 4.98. The number of rotatable bonds is 4. The van der Waals surface area contributed by atoms with Crippen LogP contribution < -0.4 is 5.32 Å². The zero-order valence-corrected chi connectivity index (χ0v) is 12.5. The highest BCUT2D eigenvalue weighted by atomic mass is 19.4. The first kappa shape index (κ1) is 16.8. The van der Waals surface area contributed by atoms with Gasteiger partial charge in [-0.2, -0.15) is 13.2 Å². The summed E-state index contributed by atoms with van der Waals surface area (Å²) in [6, 6.07) is 14.7. The summed E-state index contributed by atoms with van der Waals surface area (Å²) in [7, 11) is 0. The number of alkyl halides is 3. The van der Waals surface area contributed by atoms with Crippen LogP contribution >= 0.6 is 0 Å². The number of hydrogen-bond acceptors (Lipinski definition) is 1. The van der Waals surface area contributed by atoms with Crippen molar-refractivity contribution in [3.05, 3.63) is 77.4 Å². The monoisotopic (exact) mass is 319 g/mol. The maximum Gasteiger partial charge on any atom is 0.417 e. The molecule has 0 saturated heterocycles. The standard InChI is InChI=1S/C18H16F3NO/c1-13-7-9-14(10-8-13)12-22-17(23)11-16(18(19,20)21)15-5-3-2-4-6-15/h2-11H,12H2,1H3,(H,22,23)/b16-11-. The van der Waals surface area contributed by atoms with E-state index in [1.54, 1.807) is 6.07 Å². The van der Waals surface area contributed by atoms with Gasteiger partial charge in [0.15, 0.2) is 0 Å². The van der Waals surface area contributed by atoms with E-state index in [0.717, 1.165) is 11.1 Å². The minimum Gasteiger partial charge on any atom is -0.348 e. The van der Waals surface area contributed by atoms with E-state index in [1.165, 1.54) is 24.3 Å². The molecule has 0 saturated carbocycles. The molecule has 2 rings (SSSR count). The number of benzene rings is 2. The molecule has 23 heavy (non-hydrogen) atoms. The van der Waals surface area contributed by atoms with E-state index in [1.807, 2.05) is 31.2 Å². The van der Waals surface area contributed by atoms with Crippen LogP contribution in [-0.2, 0) is 11.3 Å². The fourth-order valence-electron chi connectivity index (χ4n) is 2.02. The van der Waals surface area contributed by atoms with Gasteiger partial charge in [-0.05, 0) is 18.1 Å². The molecule has 0 aliphatic heterocycles. The summed E-state index contributed by atoms with van der Waals surface area (Å²) in [6.07, 6.45) is -3.99. The van der Waals surface area contributed by atoms with Crippen LogP contribution in [0.2, 0.25) is 0 Å². The third-order valence-electron chi connectivity index (χ3n) is 3.25. The van der Waals surface area contributed by atoms with Crippen molar-refractivity contribution >= 4 is 11.5 Å². The quantitative estimate of drug-likeness (QED) is 0.838. The lowest BCUT2D eigenvalue weighted by atomic mass is 10.1. The van der Waals surface area contributed by atoms with Gasteiger partial charge < -0.3 is 5.32 Å². The van der Waals surface area contributed by atoms with Crippen molar-refractivity contribution in [1.82, 2.24) is 5.32 Å². The molecule has 120 valence electrons. The molecule has 0 radical (unpaired) electrons. The van der Waals surface area contributed by atoms with E-state index in [2.05, 4.69) is 5.32 Å². The number of halogens is 3. The van der Waals surface area contributed by atoms with E-state index in [4.69, 9.17) is 0 Å². The van der Waals surface area contributed by atoms with Crippen molar-refractivity contribution in [2.75, 3.05) is 0 Å². The molecule has 1 amide bonds. The molecule has 0 fully saturated rings. The minimum absolute atomic E-state index is 0.0366. The van der Waals surface area contributed by atoms with Crippen LogP contribution in [0, 0.1) is 6.92 Å². The van der Waals surface area contributed by atoms with Gasteiger partial charge in [-0.25, -0.2) is 0 Å². The third-order valence-corrected chi connectivity index (χ3v) is 3.25. The first-order valence-electron chi connectivity index (χ1n) is 7.04. The minimum atomic E-state index is -4.59. The summed E-state index contributed by atoms with van der Waals surface area (Å²) in [4.78, 5) is 11.8. The summed E-state index contributed by atoms with van der Waals surface area (Å²) in [5, 5.41) is 2.48. The average molecular weight is 319 g/mol. The highest BCUT2D eigenvalue weighted by Crippen LogP contribution is 2.33. The van der Waals surface area contributed by atoms with Crippen molar-refractivity contribution < 1.29 is 18.0 Å². The molecule has 2 aromatic rings. The van der Waals surface area contributed by atoms with E-state index in [0.29, 0.717) is 6.08 Å². The van der Waals surface area contributed by atoms with Crippen LogP contribution in [0.5, 0.6) is 0 Å². The van der Waals surface area contributed by atoms with Crippen molar-refractivity contribution in [1.29, 1.82) is 0 Å². The highest BCUT2D eigenvalue weighted by Gasteiger charge is 2.35. The molecule has 5 heteroatoms. The Balaban J connectivity index is 2.12. The summed E-state index contributed by atoms with van der Waals surface area (Å²) < 4.78 is 39.4. The highest BCUT2D eigenvalue weighted by molar-refractivity contribution is 5.96. The van der Waals surface area contributed by atoms with Gasteiger partial charge in [-0.15, -0.1) is 0 Å². The summed E-state index contributed by atoms with van der Waals surface area (Å²) in [5.41, 5.74) is 0.902. The van der Waals surface area contributed by atoms with E-state index >= 15 is 0 Å². The van der Waals surface area contributed by atoms with Crippen LogP contribution in [0.4, 0.5) is 13.2 Å². The molecule has 2 nitrogen and oxygen atoms in total. The van der Waals surface area contributed by atoms with Gasteiger partial charge in [0, 0.05) is 12.6 Å². The number of carbonyl (C=O) groups is 1. The molecule has 0 aliphatic carbocycles. The summed E-state index contributed by atoms with van der Waals surface area (Å²) in [5.74, 6) is -0.776. The second-order valence-corrected chi connectivity index (χ2v) is 5.13. The Morgan fingerprint density at radius 1 is 1.04 bits per heavy atom. The molecular weight excluding hydrogens is 303 g/mol. The maximum atomic E-state index is 13.1. The largest absolute Gasteiger partial charge is 0.417 e. The summed E-state index contributed by atoms with van der Waals surface area (Å²) >= 11 is 0. The fraction of sp³-hybridized carbons (Fsp3) is 0.167. The Morgan fingerprint density at radius 2 is 1.65 bits per heavy atom. The Morgan fingerprint density at radius 3 is 2.22 bits per heavy atom. The zero-order valence-electron chi connectivity index (χ0n) is 12.5. The SMILES string of the molecule is Cc1ccc(CNC(=O)/C=C(/c2ccccc2)C(F)(F)F)cc1. The van der Waals surface area contributed by atoms with Crippen molar-refractivity contribution in [3.63, 3.8) is 0 Å². The smallest absolute Gasteiger partial charge is 0.348 e. The zero-order chi connectivity index (χ0) is 16.9. The number of carbonyl (C=O) groups excluding carboxylic acids is 1. The second kappa shape index (κ2) is 7.13. The summed E-state index contributed by atoms with van der Waals surface area (Å²) in [6.45, 7) is 2.11. The number of aryl methyl sites for hydroxylation is 1. The fourth-order valence-corrected chi connectivity index (χ4v) is 2.02. The van der Waals surface area contributed by atoms with E-state index < -0.39 is 17.7 Å². The molecule has 0 unspecified atom stereocenters. The Kier molecular flexibility index (Phi) is 5.21. The molecule has 0 atom stereocenters. The predicted molar refractivity (Wildman–Crippen MR) is 83.5 cm³/mol. The van der Waals surface area contributed by atoms with Crippen molar-refractivity contribution in [2.45, 2.75) is 19.6 Å². The number of allylic oxidation sites excluding steroid dienone is 1. The Labute approximate surface area is 132 Å². The van der Waals surface area contributed by atoms with Crippen LogP contribution in [0.3, 0.4) is 0 Å². The lowest BCUT2D eigenvalue weighted by molar-refractivity contribution is -0.117. The number of hydrogen-bond donors (Lipinski definition) is 1. The van der Waals surface area contributed by atoms with Gasteiger partial charge >= 0.3 is 6.18 Å². The van der Waals surface area contributed by atoms with Crippen molar-refractivity contribution in [2.24, 2.45) is 0 Å². The molecule has 2 aromatic carbocycles. The molecule has 1 N–H and O–H groups in total. The van der Waals surface area contributed by atoms with Crippen LogP contribution in [0.25, 0.3) is 5.57 Å². The number of nitrogens with one attached hydrogen (secondary N) is 1. The molecule has 0 aromatic heterocycles. The molecule has 0 aliphatic rings. The maximum absolute atomic E-state index is 13.1. The van der Waals surface area contributed by atoms with E-state index in [9.17, 15) is 18.0 Å². The van der Waals surface area contributed by atoms with Crippen LogP contribution in [0.15, 0.2) is 60.7 Å². The Bertz CT molecular complexity index is 688. The topological polar surface area (TPSA) is 29.1 Å². The predicted octanol–water partition coefficient (Wildman–Crippen LogP) is 4.26. The van der Waals surface area contributed by atoms with Crippen LogP contribution in [-0.4, -0.2) is 12.1 Å². The van der Waals surface area contributed by atoms with Gasteiger partial charge in [0.25, 0.3) is 0 Å².